The quantitative estimate of drug-likeness (QED) is 0.543. The number of ether oxygens (including phenoxy) is 1. The number of hydrogen-bond donors (Lipinski definition) is 1. The van der Waals surface area contributed by atoms with Crippen LogP contribution in [0.1, 0.15) is 57.8 Å². The van der Waals surface area contributed by atoms with Crippen molar-refractivity contribution >= 4 is 5.71 Å². The first kappa shape index (κ1) is 13.1. The summed E-state index contributed by atoms with van der Waals surface area (Å²) in [6.07, 6.45) is 12.7. The first-order valence-electron chi connectivity index (χ1n) is 6.34. The minimum atomic E-state index is 0.697. The van der Waals surface area contributed by atoms with Crippen LogP contribution in [-0.2, 0) is 4.74 Å². The van der Waals surface area contributed by atoms with Crippen LogP contribution in [0.5, 0.6) is 0 Å². The molecular weight excluding hydrogens is 202 g/mol. The number of allylic oxidation sites excluding steroid dienone is 2. The Bertz CT molecular complexity index is 246. The van der Waals surface area contributed by atoms with Gasteiger partial charge in [0.25, 0.3) is 0 Å². The maximum atomic E-state index is 8.96. The normalized spacial score (nSPS) is 26.3. The zero-order valence-corrected chi connectivity index (χ0v) is 10.2. The van der Waals surface area contributed by atoms with Gasteiger partial charge in [0.05, 0.1) is 7.11 Å². The summed E-state index contributed by atoms with van der Waals surface area (Å²) in [5, 5.41) is 12.3. The van der Waals surface area contributed by atoms with E-state index < -0.39 is 0 Å². The molecule has 0 radical (unpaired) electrons. The Morgan fingerprint density at radius 1 is 1.06 bits per heavy atom. The maximum absolute atomic E-state index is 8.96. The highest BCUT2D eigenvalue weighted by Gasteiger charge is 2.08. The minimum absolute atomic E-state index is 0.697. The van der Waals surface area contributed by atoms with Crippen LogP contribution in [0.15, 0.2) is 17.0 Å². The zero-order valence-electron chi connectivity index (χ0n) is 10.2. The summed E-state index contributed by atoms with van der Waals surface area (Å²) in [5.74, 6) is 0.753. The molecule has 92 valence electrons. The standard InChI is InChI=1S/C13H23NO2/c1-16-13-11-9-7-5-3-2-4-6-8-10-12(13)14-15/h11,15H,2-10H2,1H3/b13-11-,14-12-. The van der Waals surface area contributed by atoms with Gasteiger partial charge >= 0.3 is 0 Å². The molecular formula is C13H23NO2. The van der Waals surface area contributed by atoms with Gasteiger partial charge < -0.3 is 9.94 Å². The lowest BCUT2D eigenvalue weighted by Gasteiger charge is -2.10. The SMILES string of the molecule is CO/C1=C\CCCCCCCCC\C1=N\O. The predicted octanol–water partition coefficient (Wildman–Crippen LogP) is 3.87. The van der Waals surface area contributed by atoms with Gasteiger partial charge in [0.15, 0.2) is 0 Å². The molecule has 0 fully saturated rings. The summed E-state index contributed by atoms with van der Waals surface area (Å²) in [4.78, 5) is 0. The molecule has 0 aromatic rings. The minimum Gasteiger partial charge on any atom is -0.495 e. The number of oxime groups is 1. The molecule has 3 heteroatoms. The van der Waals surface area contributed by atoms with Crippen molar-refractivity contribution < 1.29 is 9.94 Å². The van der Waals surface area contributed by atoms with E-state index in [2.05, 4.69) is 11.2 Å². The van der Waals surface area contributed by atoms with Crippen LogP contribution in [0.2, 0.25) is 0 Å². The molecule has 16 heavy (non-hydrogen) atoms. The van der Waals surface area contributed by atoms with Gasteiger partial charge in [-0.3, -0.25) is 0 Å². The van der Waals surface area contributed by atoms with Gasteiger partial charge in [-0.2, -0.15) is 0 Å². The molecule has 0 heterocycles. The van der Waals surface area contributed by atoms with Crippen molar-refractivity contribution in [2.24, 2.45) is 5.16 Å². The fraction of sp³-hybridized carbons (Fsp3) is 0.769. The van der Waals surface area contributed by atoms with Crippen LogP contribution >= 0.6 is 0 Å². The molecule has 1 aliphatic rings. The molecule has 0 atom stereocenters. The van der Waals surface area contributed by atoms with Gasteiger partial charge in [-0.1, -0.05) is 37.3 Å². The fourth-order valence-corrected chi connectivity index (χ4v) is 2.10. The van der Waals surface area contributed by atoms with E-state index in [0.717, 1.165) is 25.0 Å². The smallest absolute Gasteiger partial charge is 0.139 e. The van der Waals surface area contributed by atoms with Crippen molar-refractivity contribution in [3.8, 4) is 0 Å². The fourth-order valence-electron chi connectivity index (χ4n) is 2.10. The Labute approximate surface area is 98.2 Å². The monoisotopic (exact) mass is 225 g/mol. The number of hydrogen-bond acceptors (Lipinski definition) is 3. The third-order valence-corrected chi connectivity index (χ3v) is 3.07. The van der Waals surface area contributed by atoms with Gasteiger partial charge in [-0.15, -0.1) is 0 Å². The summed E-state index contributed by atoms with van der Waals surface area (Å²) < 4.78 is 5.27. The summed E-state index contributed by atoms with van der Waals surface area (Å²) in [6, 6.07) is 0. The lowest BCUT2D eigenvalue weighted by molar-refractivity contribution is 0.291. The van der Waals surface area contributed by atoms with Gasteiger partial charge in [-0.25, -0.2) is 0 Å². The molecule has 3 nitrogen and oxygen atoms in total. The predicted molar refractivity (Wildman–Crippen MR) is 65.9 cm³/mol. The molecule has 0 bridgehead atoms. The van der Waals surface area contributed by atoms with Crippen molar-refractivity contribution in [1.29, 1.82) is 0 Å². The topological polar surface area (TPSA) is 41.8 Å². The second kappa shape index (κ2) is 8.20. The Hall–Kier alpha value is -0.990. The highest BCUT2D eigenvalue weighted by molar-refractivity contribution is 5.97. The summed E-state index contributed by atoms with van der Waals surface area (Å²) in [6.45, 7) is 0. The van der Waals surface area contributed by atoms with E-state index in [1.807, 2.05) is 0 Å². The molecule has 1 aliphatic carbocycles. The van der Waals surface area contributed by atoms with Gasteiger partial charge in [-0.05, 0) is 31.8 Å². The van der Waals surface area contributed by atoms with E-state index in [9.17, 15) is 0 Å². The Balaban J connectivity index is 2.59. The number of rotatable bonds is 1. The molecule has 1 N–H and O–H groups in total. The van der Waals surface area contributed by atoms with Crippen LogP contribution in [0.3, 0.4) is 0 Å². The second-order valence-corrected chi connectivity index (χ2v) is 4.33. The second-order valence-electron chi connectivity index (χ2n) is 4.33. The van der Waals surface area contributed by atoms with Crippen LogP contribution < -0.4 is 0 Å². The first-order valence-corrected chi connectivity index (χ1v) is 6.34. The maximum Gasteiger partial charge on any atom is 0.139 e. The van der Waals surface area contributed by atoms with E-state index in [1.165, 1.54) is 38.5 Å². The molecule has 0 unspecified atom stereocenters. The van der Waals surface area contributed by atoms with Gasteiger partial charge in [0.2, 0.25) is 0 Å². The summed E-state index contributed by atoms with van der Waals surface area (Å²) in [5.41, 5.74) is 0.697. The van der Waals surface area contributed by atoms with Crippen molar-refractivity contribution in [2.75, 3.05) is 7.11 Å². The molecule has 0 aromatic carbocycles. The summed E-state index contributed by atoms with van der Waals surface area (Å²) in [7, 11) is 1.64. The van der Waals surface area contributed by atoms with Crippen LogP contribution in [-0.4, -0.2) is 18.0 Å². The molecule has 1 rings (SSSR count). The van der Waals surface area contributed by atoms with Crippen LogP contribution in [0, 0.1) is 0 Å². The molecule has 0 spiro atoms. The van der Waals surface area contributed by atoms with Crippen molar-refractivity contribution in [3.63, 3.8) is 0 Å². The Morgan fingerprint density at radius 2 is 1.69 bits per heavy atom. The average Bonchev–Trinajstić information content (AvgIpc) is 2.30. The number of nitrogens with zero attached hydrogens (tertiary/aromatic N) is 1. The summed E-state index contributed by atoms with van der Waals surface area (Å²) >= 11 is 0. The van der Waals surface area contributed by atoms with Crippen LogP contribution in [0.25, 0.3) is 0 Å². The molecule has 0 saturated heterocycles. The highest BCUT2D eigenvalue weighted by atomic mass is 16.5. The molecule has 0 aliphatic heterocycles. The largest absolute Gasteiger partial charge is 0.495 e. The average molecular weight is 225 g/mol. The van der Waals surface area contributed by atoms with E-state index in [0.29, 0.717) is 5.71 Å². The Kier molecular flexibility index (Phi) is 6.70. The lowest BCUT2D eigenvalue weighted by atomic mass is 10.0. The Morgan fingerprint density at radius 3 is 2.31 bits per heavy atom. The van der Waals surface area contributed by atoms with Crippen molar-refractivity contribution in [1.82, 2.24) is 0 Å². The van der Waals surface area contributed by atoms with Crippen LogP contribution in [0.4, 0.5) is 0 Å². The lowest BCUT2D eigenvalue weighted by Crippen LogP contribution is -2.06. The highest BCUT2D eigenvalue weighted by Crippen LogP contribution is 2.15. The zero-order chi connectivity index (χ0) is 11.6. The van der Waals surface area contributed by atoms with E-state index >= 15 is 0 Å². The first-order chi connectivity index (χ1) is 7.88. The van der Waals surface area contributed by atoms with Crippen molar-refractivity contribution in [3.05, 3.63) is 11.8 Å². The third kappa shape index (κ3) is 4.69. The van der Waals surface area contributed by atoms with Crippen molar-refractivity contribution in [2.45, 2.75) is 57.8 Å². The van der Waals surface area contributed by atoms with E-state index in [1.54, 1.807) is 7.11 Å². The molecule has 0 saturated carbocycles. The molecule has 0 amide bonds. The van der Waals surface area contributed by atoms with Gasteiger partial charge in [0.1, 0.15) is 11.5 Å². The van der Waals surface area contributed by atoms with E-state index in [-0.39, 0.29) is 0 Å². The third-order valence-electron chi connectivity index (χ3n) is 3.07. The van der Waals surface area contributed by atoms with Gasteiger partial charge in [0, 0.05) is 0 Å². The molecule has 0 aromatic heterocycles. The van der Waals surface area contributed by atoms with E-state index in [4.69, 9.17) is 9.94 Å². The number of methoxy groups -OCH3 is 1.